The second-order valence-electron chi connectivity index (χ2n) is 4.89. The monoisotopic (exact) mass is 330 g/mol. The van der Waals surface area contributed by atoms with Crippen LogP contribution >= 0.6 is 11.3 Å². The first kappa shape index (κ1) is 15.2. The highest BCUT2D eigenvalue weighted by molar-refractivity contribution is 7.15. The van der Waals surface area contributed by atoms with E-state index in [9.17, 15) is 9.59 Å². The van der Waals surface area contributed by atoms with Crippen molar-refractivity contribution in [2.45, 2.75) is 13.5 Å². The van der Waals surface area contributed by atoms with E-state index in [0.717, 1.165) is 4.88 Å². The Kier molecular flexibility index (Phi) is 4.12. The molecule has 0 atom stereocenters. The predicted octanol–water partition coefficient (Wildman–Crippen LogP) is 2.71. The van der Waals surface area contributed by atoms with Crippen LogP contribution in [0.1, 0.15) is 21.0 Å². The van der Waals surface area contributed by atoms with Gasteiger partial charge in [-0.3, -0.25) is 4.79 Å². The Morgan fingerprint density at radius 1 is 1.30 bits per heavy atom. The van der Waals surface area contributed by atoms with Crippen molar-refractivity contribution in [2.75, 3.05) is 7.11 Å². The van der Waals surface area contributed by atoms with E-state index in [0.29, 0.717) is 11.3 Å². The van der Waals surface area contributed by atoms with Gasteiger partial charge in [-0.15, -0.1) is 11.3 Å². The van der Waals surface area contributed by atoms with E-state index in [1.54, 1.807) is 23.5 Å². The molecule has 0 saturated carbocycles. The summed E-state index contributed by atoms with van der Waals surface area (Å²) in [7, 11) is 1.28. The fraction of sp³-hybridized carbons (Fsp3) is 0.188. The normalized spacial score (nSPS) is 10.7. The Morgan fingerprint density at radius 3 is 2.83 bits per heavy atom. The number of furan rings is 1. The molecule has 0 unspecified atom stereocenters. The van der Waals surface area contributed by atoms with E-state index in [4.69, 9.17) is 4.42 Å². The Morgan fingerprint density at radius 2 is 2.13 bits per heavy atom. The van der Waals surface area contributed by atoms with Crippen molar-refractivity contribution in [3.05, 3.63) is 63.1 Å². The lowest BCUT2D eigenvalue weighted by Crippen LogP contribution is -2.23. The van der Waals surface area contributed by atoms with Gasteiger partial charge in [-0.25, -0.2) is 9.48 Å². The summed E-state index contributed by atoms with van der Waals surface area (Å²) >= 11 is 1.60. The molecule has 0 aliphatic heterocycles. The smallest absolute Gasteiger partial charge is 0.374 e. The molecule has 0 bridgehead atoms. The van der Waals surface area contributed by atoms with Crippen LogP contribution in [0.4, 0.5) is 0 Å². The molecule has 0 aliphatic carbocycles. The molecule has 6 nitrogen and oxygen atoms in total. The number of ether oxygens (including phenoxy) is 1. The zero-order valence-corrected chi connectivity index (χ0v) is 13.4. The highest BCUT2D eigenvalue weighted by Gasteiger charge is 2.17. The molecule has 0 aliphatic rings. The van der Waals surface area contributed by atoms with Crippen LogP contribution in [0, 0.1) is 6.92 Å². The standard InChI is InChI=1S/C16H14N2O4S/c1-10-3-5-13(23-10)12-4-6-14(19)18(17-12)9-11-7-8-22-15(11)16(20)21-2/h3-8H,9H2,1-2H3. The number of hydrogen-bond acceptors (Lipinski definition) is 6. The topological polar surface area (TPSA) is 74.3 Å². The van der Waals surface area contributed by atoms with Gasteiger partial charge in [0, 0.05) is 16.5 Å². The van der Waals surface area contributed by atoms with Gasteiger partial charge in [0.05, 0.1) is 24.8 Å². The third-order valence-electron chi connectivity index (χ3n) is 3.30. The van der Waals surface area contributed by atoms with Gasteiger partial charge in [0.25, 0.3) is 5.56 Å². The molecule has 3 rings (SSSR count). The van der Waals surface area contributed by atoms with Crippen molar-refractivity contribution in [2.24, 2.45) is 0 Å². The molecule has 23 heavy (non-hydrogen) atoms. The third kappa shape index (κ3) is 3.09. The molecule has 0 saturated heterocycles. The zero-order valence-electron chi connectivity index (χ0n) is 12.6. The van der Waals surface area contributed by atoms with Gasteiger partial charge in [0.1, 0.15) is 5.69 Å². The second kappa shape index (κ2) is 6.21. The molecule has 0 N–H and O–H groups in total. The fourth-order valence-electron chi connectivity index (χ4n) is 2.16. The number of carbonyl (C=O) groups excluding carboxylic acids is 1. The Hall–Kier alpha value is -2.67. The summed E-state index contributed by atoms with van der Waals surface area (Å²) in [5.41, 5.74) is 1.01. The van der Waals surface area contributed by atoms with Crippen molar-refractivity contribution in [3.63, 3.8) is 0 Å². The van der Waals surface area contributed by atoms with Gasteiger partial charge in [-0.2, -0.15) is 5.10 Å². The van der Waals surface area contributed by atoms with Crippen LogP contribution in [0.15, 0.2) is 45.8 Å². The maximum Gasteiger partial charge on any atom is 0.374 e. The second-order valence-corrected chi connectivity index (χ2v) is 6.18. The number of rotatable bonds is 4. The first-order valence-corrected chi connectivity index (χ1v) is 7.70. The van der Waals surface area contributed by atoms with Crippen molar-refractivity contribution in [1.82, 2.24) is 9.78 Å². The van der Waals surface area contributed by atoms with Gasteiger partial charge in [0.15, 0.2) is 0 Å². The molecule has 118 valence electrons. The Bertz CT molecular complexity index is 907. The molecule has 0 spiro atoms. The van der Waals surface area contributed by atoms with E-state index < -0.39 is 5.97 Å². The number of methoxy groups -OCH3 is 1. The van der Waals surface area contributed by atoms with Crippen LogP contribution in [-0.4, -0.2) is 22.9 Å². The summed E-state index contributed by atoms with van der Waals surface area (Å²) in [5.74, 6) is -0.498. The number of thiophene rings is 1. The minimum absolute atomic E-state index is 0.0820. The molecule has 3 heterocycles. The number of carbonyl (C=O) groups is 1. The first-order valence-electron chi connectivity index (χ1n) is 6.88. The number of aromatic nitrogens is 2. The van der Waals surface area contributed by atoms with E-state index in [1.165, 1.54) is 29.0 Å². The number of hydrogen-bond donors (Lipinski definition) is 0. The van der Waals surface area contributed by atoms with Crippen LogP contribution < -0.4 is 5.56 Å². The molecule has 0 radical (unpaired) electrons. The molecular weight excluding hydrogens is 316 g/mol. The van der Waals surface area contributed by atoms with Crippen molar-refractivity contribution < 1.29 is 13.9 Å². The molecule has 0 aromatic carbocycles. The van der Waals surface area contributed by atoms with Crippen molar-refractivity contribution in [3.8, 4) is 10.6 Å². The summed E-state index contributed by atoms with van der Waals surface area (Å²) in [6, 6.07) is 8.76. The Balaban J connectivity index is 1.96. The average Bonchev–Trinajstić information content (AvgIpc) is 3.18. The zero-order chi connectivity index (χ0) is 16.4. The molecule has 3 aromatic rings. The van der Waals surface area contributed by atoms with E-state index in [2.05, 4.69) is 9.84 Å². The van der Waals surface area contributed by atoms with Gasteiger partial charge < -0.3 is 9.15 Å². The first-order chi connectivity index (χ1) is 11.1. The van der Waals surface area contributed by atoms with Crippen LogP contribution in [0.3, 0.4) is 0 Å². The quantitative estimate of drug-likeness (QED) is 0.688. The van der Waals surface area contributed by atoms with E-state index >= 15 is 0 Å². The third-order valence-corrected chi connectivity index (χ3v) is 4.32. The van der Waals surface area contributed by atoms with Crippen LogP contribution in [0.25, 0.3) is 10.6 Å². The Labute approximate surface area is 135 Å². The van der Waals surface area contributed by atoms with Crippen molar-refractivity contribution in [1.29, 1.82) is 0 Å². The lowest BCUT2D eigenvalue weighted by molar-refractivity contribution is 0.0563. The largest absolute Gasteiger partial charge is 0.463 e. The molecule has 0 amide bonds. The summed E-state index contributed by atoms with van der Waals surface area (Å²) in [4.78, 5) is 25.8. The predicted molar refractivity (Wildman–Crippen MR) is 85.7 cm³/mol. The van der Waals surface area contributed by atoms with Crippen molar-refractivity contribution >= 4 is 17.3 Å². The summed E-state index contributed by atoms with van der Waals surface area (Å²) in [6.45, 7) is 2.15. The molecule has 3 aromatic heterocycles. The molecule has 0 fully saturated rings. The van der Waals surface area contributed by atoms with Gasteiger partial charge >= 0.3 is 5.97 Å². The number of aryl methyl sites for hydroxylation is 1. The SMILES string of the molecule is COC(=O)c1occc1Cn1nc(-c2ccc(C)s2)ccc1=O. The lowest BCUT2D eigenvalue weighted by atomic mass is 10.2. The van der Waals surface area contributed by atoms with Crippen LogP contribution in [0.2, 0.25) is 0 Å². The maximum absolute atomic E-state index is 12.0. The highest BCUT2D eigenvalue weighted by Crippen LogP contribution is 2.25. The molecular formula is C16H14N2O4S. The van der Waals surface area contributed by atoms with E-state index in [-0.39, 0.29) is 17.9 Å². The van der Waals surface area contributed by atoms with Gasteiger partial charge in [-0.1, -0.05) is 0 Å². The summed E-state index contributed by atoms with van der Waals surface area (Å²) < 4.78 is 11.1. The minimum Gasteiger partial charge on any atom is -0.463 e. The minimum atomic E-state index is -0.580. The maximum atomic E-state index is 12.0. The van der Waals surface area contributed by atoms with Crippen LogP contribution in [-0.2, 0) is 11.3 Å². The fourth-order valence-corrected chi connectivity index (χ4v) is 2.99. The average molecular weight is 330 g/mol. The lowest BCUT2D eigenvalue weighted by Gasteiger charge is -2.06. The summed E-state index contributed by atoms with van der Waals surface area (Å²) in [6.07, 6.45) is 1.39. The van der Waals surface area contributed by atoms with Crippen LogP contribution in [0.5, 0.6) is 0 Å². The van der Waals surface area contributed by atoms with Gasteiger partial charge in [-0.05, 0) is 31.2 Å². The van der Waals surface area contributed by atoms with Gasteiger partial charge in [0.2, 0.25) is 5.76 Å². The van der Waals surface area contributed by atoms with E-state index in [1.807, 2.05) is 19.1 Å². The number of esters is 1. The highest BCUT2D eigenvalue weighted by atomic mass is 32.1. The summed E-state index contributed by atoms with van der Waals surface area (Å²) in [5, 5.41) is 4.38. The number of nitrogens with zero attached hydrogens (tertiary/aromatic N) is 2. The molecule has 7 heteroatoms.